The number of benzene rings is 1. The SMILES string of the molecule is CCc1nn2c(C)cc(C)nc2c1Cc1ccc(-n2cc(CC3(O)CCN(C(=O)O)CC3)nn2)cc1. The lowest BCUT2D eigenvalue weighted by atomic mass is 9.87. The number of fused-ring (bicyclic) bond motifs is 1. The van der Waals surface area contributed by atoms with Gasteiger partial charge in [0.25, 0.3) is 0 Å². The van der Waals surface area contributed by atoms with Crippen molar-refractivity contribution in [1.29, 1.82) is 0 Å². The van der Waals surface area contributed by atoms with Crippen LogP contribution in [0.15, 0.2) is 36.5 Å². The minimum absolute atomic E-state index is 0.322. The quantitative estimate of drug-likeness (QED) is 0.427. The topological polar surface area (TPSA) is 122 Å². The maximum absolute atomic E-state index is 11.1. The highest BCUT2D eigenvalue weighted by Gasteiger charge is 2.34. The van der Waals surface area contributed by atoms with Gasteiger partial charge in [-0.2, -0.15) is 5.10 Å². The van der Waals surface area contributed by atoms with E-state index in [0.717, 1.165) is 52.4 Å². The molecule has 0 aliphatic carbocycles. The van der Waals surface area contributed by atoms with Crippen molar-refractivity contribution in [2.24, 2.45) is 0 Å². The molecule has 1 saturated heterocycles. The van der Waals surface area contributed by atoms with Crippen LogP contribution in [0.3, 0.4) is 0 Å². The van der Waals surface area contributed by atoms with E-state index in [0.29, 0.717) is 38.0 Å². The number of aryl methyl sites for hydroxylation is 3. The molecule has 1 aliphatic heterocycles. The van der Waals surface area contributed by atoms with Crippen LogP contribution in [-0.2, 0) is 19.3 Å². The van der Waals surface area contributed by atoms with Crippen LogP contribution in [0.2, 0.25) is 0 Å². The highest BCUT2D eigenvalue weighted by atomic mass is 16.4. The molecule has 1 aliphatic rings. The summed E-state index contributed by atoms with van der Waals surface area (Å²) in [6, 6.07) is 10.2. The fraction of sp³-hybridized carbons (Fsp3) is 0.423. The molecular formula is C26H31N7O3. The maximum Gasteiger partial charge on any atom is 0.407 e. The van der Waals surface area contributed by atoms with Crippen molar-refractivity contribution < 1.29 is 15.0 Å². The third kappa shape index (κ3) is 4.68. The smallest absolute Gasteiger partial charge is 0.407 e. The number of aliphatic hydroxyl groups is 1. The van der Waals surface area contributed by atoms with Gasteiger partial charge < -0.3 is 15.1 Å². The van der Waals surface area contributed by atoms with Gasteiger partial charge in [0.2, 0.25) is 0 Å². The Labute approximate surface area is 209 Å². The Bertz CT molecular complexity index is 1400. The second kappa shape index (κ2) is 9.34. The summed E-state index contributed by atoms with van der Waals surface area (Å²) >= 11 is 0. The number of aromatic nitrogens is 6. The zero-order valence-corrected chi connectivity index (χ0v) is 20.8. The van der Waals surface area contributed by atoms with Crippen LogP contribution in [-0.4, -0.2) is 69.5 Å². The summed E-state index contributed by atoms with van der Waals surface area (Å²) in [5.74, 6) is 0. The number of hydrogen-bond acceptors (Lipinski definition) is 6. The van der Waals surface area contributed by atoms with Crippen LogP contribution in [0.5, 0.6) is 0 Å². The fourth-order valence-corrected chi connectivity index (χ4v) is 4.98. The standard InChI is InChI=1S/C26H31N7O3/c1-4-23-22(24-27-17(2)13-18(3)33(24)29-23)14-19-5-7-21(8-6-19)32-16-20(28-30-32)15-26(36)9-11-31(12-10-26)25(34)35/h5-8,13,16,36H,4,9-12,14-15H2,1-3H3,(H,34,35). The Balaban J connectivity index is 1.30. The van der Waals surface area contributed by atoms with Gasteiger partial charge in [-0.15, -0.1) is 5.10 Å². The number of hydrogen-bond donors (Lipinski definition) is 2. The molecule has 1 aromatic carbocycles. The number of carboxylic acid groups (broad SMARTS) is 1. The summed E-state index contributed by atoms with van der Waals surface area (Å²) < 4.78 is 3.64. The van der Waals surface area contributed by atoms with Crippen molar-refractivity contribution in [3.63, 3.8) is 0 Å². The molecule has 10 heteroatoms. The predicted octanol–water partition coefficient (Wildman–Crippen LogP) is 3.13. The lowest BCUT2D eigenvalue weighted by molar-refractivity contribution is -0.0169. The van der Waals surface area contributed by atoms with Crippen molar-refractivity contribution >= 4 is 11.7 Å². The average Bonchev–Trinajstić information content (AvgIpc) is 3.44. The first kappa shape index (κ1) is 23.9. The van der Waals surface area contributed by atoms with Gasteiger partial charge in [0.05, 0.1) is 28.9 Å². The van der Waals surface area contributed by atoms with E-state index >= 15 is 0 Å². The van der Waals surface area contributed by atoms with Crippen LogP contribution < -0.4 is 0 Å². The molecule has 4 heterocycles. The van der Waals surface area contributed by atoms with Gasteiger partial charge in [-0.25, -0.2) is 19.0 Å². The second-order valence-electron chi connectivity index (χ2n) is 9.72. The number of piperidine rings is 1. The van der Waals surface area contributed by atoms with Gasteiger partial charge >= 0.3 is 6.09 Å². The molecule has 5 rings (SSSR count). The van der Waals surface area contributed by atoms with Gasteiger partial charge in [-0.3, -0.25) is 0 Å². The van der Waals surface area contributed by atoms with Crippen LogP contribution in [0.1, 0.15) is 53.7 Å². The van der Waals surface area contributed by atoms with Crippen molar-refractivity contribution in [2.75, 3.05) is 13.1 Å². The second-order valence-corrected chi connectivity index (χ2v) is 9.72. The molecule has 0 spiro atoms. The van der Waals surface area contributed by atoms with Crippen LogP contribution in [0.25, 0.3) is 11.3 Å². The van der Waals surface area contributed by atoms with Crippen LogP contribution in [0, 0.1) is 13.8 Å². The predicted molar refractivity (Wildman–Crippen MR) is 133 cm³/mol. The van der Waals surface area contributed by atoms with Gasteiger partial charge in [0.1, 0.15) is 0 Å². The van der Waals surface area contributed by atoms with E-state index in [1.165, 1.54) is 4.90 Å². The molecule has 36 heavy (non-hydrogen) atoms. The van der Waals surface area contributed by atoms with Crippen LogP contribution >= 0.6 is 0 Å². The first-order chi connectivity index (χ1) is 17.2. The number of carbonyl (C=O) groups is 1. The van der Waals surface area contributed by atoms with E-state index in [9.17, 15) is 9.90 Å². The van der Waals surface area contributed by atoms with E-state index < -0.39 is 11.7 Å². The van der Waals surface area contributed by atoms with E-state index in [-0.39, 0.29) is 0 Å². The number of rotatable bonds is 6. The normalized spacial score (nSPS) is 15.5. The zero-order valence-electron chi connectivity index (χ0n) is 20.8. The Hall–Kier alpha value is -3.79. The molecule has 0 radical (unpaired) electrons. The third-order valence-electron chi connectivity index (χ3n) is 7.01. The number of nitrogens with zero attached hydrogens (tertiary/aromatic N) is 7. The Kier molecular flexibility index (Phi) is 6.21. The average molecular weight is 490 g/mol. The van der Waals surface area contributed by atoms with Crippen molar-refractivity contribution in [2.45, 2.75) is 58.5 Å². The van der Waals surface area contributed by atoms with E-state index in [1.807, 2.05) is 35.8 Å². The van der Waals surface area contributed by atoms with Gasteiger partial charge in [0.15, 0.2) is 5.65 Å². The fourth-order valence-electron chi connectivity index (χ4n) is 4.98. The molecule has 4 aromatic rings. The summed E-state index contributed by atoms with van der Waals surface area (Å²) in [4.78, 5) is 17.2. The van der Waals surface area contributed by atoms with E-state index in [2.05, 4.69) is 36.3 Å². The van der Waals surface area contributed by atoms with Crippen LogP contribution in [0.4, 0.5) is 4.79 Å². The monoisotopic (exact) mass is 489 g/mol. The summed E-state index contributed by atoms with van der Waals surface area (Å²) in [5.41, 5.74) is 6.95. The van der Waals surface area contributed by atoms with Crippen molar-refractivity contribution in [3.8, 4) is 5.69 Å². The summed E-state index contributed by atoms with van der Waals surface area (Å²) in [5, 5.41) is 33.3. The Morgan fingerprint density at radius 1 is 1.14 bits per heavy atom. The first-order valence-corrected chi connectivity index (χ1v) is 12.3. The minimum Gasteiger partial charge on any atom is -0.465 e. The highest BCUT2D eigenvalue weighted by Crippen LogP contribution is 2.26. The lowest BCUT2D eigenvalue weighted by Crippen LogP contribution is -2.47. The van der Waals surface area contributed by atoms with E-state index in [1.54, 1.807) is 4.68 Å². The molecule has 10 nitrogen and oxygen atoms in total. The van der Waals surface area contributed by atoms with Gasteiger partial charge in [-0.1, -0.05) is 24.3 Å². The lowest BCUT2D eigenvalue weighted by Gasteiger charge is -2.36. The zero-order chi connectivity index (χ0) is 25.4. The molecule has 2 N–H and O–H groups in total. The summed E-state index contributed by atoms with van der Waals surface area (Å²) in [6.45, 7) is 6.82. The number of amides is 1. The number of likely N-dealkylation sites (tertiary alicyclic amines) is 1. The Morgan fingerprint density at radius 2 is 1.86 bits per heavy atom. The largest absolute Gasteiger partial charge is 0.465 e. The third-order valence-corrected chi connectivity index (χ3v) is 7.01. The van der Waals surface area contributed by atoms with Gasteiger partial charge in [-0.05, 0) is 56.9 Å². The molecule has 1 amide bonds. The molecule has 3 aromatic heterocycles. The minimum atomic E-state index is -0.966. The summed E-state index contributed by atoms with van der Waals surface area (Å²) in [7, 11) is 0. The van der Waals surface area contributed by atoms with E-state index in [4.69, 9.17) is 15.2 Å². The molecular weight excluding hydrogens is 458 g/mol. The molecule has 0 bridgehead atoms. The van der Waals surface area contributed by atoms with Crippen molar-refractivity contribution in [3.05, 3.63) is 70.4 Å². The first-order valence-electron chi connectivity index (χ1n) is 12.3. The maximum atomic E-state index is 11.1. The molecule has 188 valence electrons. The summed E-state index contributed by atoms with van der Waals surface area (Å²) in [6.07, 6.45) is 3.59. The molecule has 0 saturated carbocycles. The molecule has 0 atom stereocenters. The van der Waals surface area contributed by atoms with Crippen molar-refractivity contribution in [1.82, 2.24) is 34.5 Å². The molecule has 0 unspecified atom stereocenters. The Morgan fingerprint density at radius 3 is 2.53 bits per heavy atom. The molecule has 1 fully saturated rings. The highest BCUT2D eigenvalue weighted by molar-refractivity contribution is 5.65. The van der Waals surface area contributed by atoms with Gasteiger partial charge in [0, 0.05) is 42.9 Å².